The first-order valence-electron chi connectivity index (χ1n) is 6.41. The molecule has 0 aliphatic carbocycles. The summed E-state index contributed by atoms with van der Waals surface area (Å²) in [7, 11) is 1.66. The average molecular weight is 328 g/mol. The van der Waals surface area contributed by atoms with E-state index in [1.807, 2.05) is 6.07 Å². The van der Waals surface area contributed by atoms with Crippen molar-refractivity contribution >= 4 is 21.7 Å². The number of benzene rings is 1. The molecule has 106 valence electrons. The quantitative estimate of drug-likeness (QED) is 0.781. The Morgan fingerprint density at radius 2 is 2.11 bits per heavy atom. The maximum atomic E-state index is 10.9. The maximum absolute atomic E-state index is 10.9. The first-order chi connectivity index (χ1) is 8.86. The molecule has 0 radical (unpaired) electrons. The third-order valence-corrected chi connectivity index (χ3v) is 3.77. The number of halogens is 1. The molecule has 0 unspecified atom stereocenters. The predicted octanol–water partition coefficient (Wildman–Crippen LogP) is 3.30. The van der Waals surface area contributed by atoms with Gasteiger partial charge in [0.15, 0.2) is 0 Å². The van der Waals surface area contributed by atoms with E-state index in [0.717, 1.165) is 23.3 Å². The van der Waals surface area contributed by atoms with E-state index in [-0.39, 0.29) is 11.2 Å². The van der Waals surface area contributed by atoms with Gasteiger partial charge in [0.05, 0.1) is 11.6 Å². The molecule has 0 bridgehead atoms. The molecular formula is C15H22BrNO2. The van der Waals surface area contributed by atoms with Crippen LogP contribution in [0.15, 0.2) is 22.7 Å². The second kappa shape index (κ2) is 7.06. The number of hydrogen-bond acceptors (Lipinski definition) is 3. The summed E-state index contributed by atoms with van der Waals surface area (Å²) in [6.07, 6.45) is 0.586. The van der Waals surface area contributed by atoms with Crippen molar-refractivity contribution in [1.29, 1.82) is 0 Å². The van der Waals surface area contributed by atoms with Gasteiger partial charge in [-0.25, -0.2) is 0 Å². The van der Waals surface area contributed by atoms with E-state index >= 15 is 0 Å². The van der Waals surface area contributed by atoms with Crippen LogP contribution in [0.2, 0.25) is 0 Å². The van der Waals surface area contributed by atoms with Crippen LogP contribution in [-0.2, 0) is 10.2 Å². The normalized spacial score (nSPS) is 11.4. The summed E-state index contributed by atoms with van der Waals surface area (Å²) in [5, 5.41) is 3.34. The minimum absolute atomic E-state index is 0.00554. The average Bonchev–Trinajstić information content (AvgIpc) is 2.34. The molecular weight excluding hydrogens is 306 g/mol. The number of hydrogen-bond donors (Lipinski definition) is 1. The molecule has 1 aromatic rings. The van der Waals surface area contributed by atoms with Crippen LogP contribution >= 0.6 is 15.9 Å². The van der Waals surface area contributed by atoms with Gasteiger partial charge in [-0.3, -0.25) is 4.79 Å². The number of methoxy groups -OCH3 is 1. The number of carbonyl (C=O) groups excluding carboxylic acids is 1. The third kappa shape index (κ3) is 4.96. The molecule has 0 heterocycles. The Kier molecular flexibility index (Phi) is 6.01. The number of ether oxygens (including phenoxy) is 1. The highest BCUT2D eigenvalue weighted by Crippen LogP contribution is 2.31. The lowest BCUT2D eigenvalue weighted by molar-refractivity contribution is -0.116. The van der Waals surface area contributed by atoms with Crippen LogP contribution in [0.4, 0.5) is 0 Å². The molecule has 0 spiro atoms. The van der Waals surface area contributed by atoms with Crippen molar-refractivity contribution in [1.82, 2.24) is 5.32 Å². The summed E-state index contributed by atoms with van der Waals surface area (Å²) < 4.78 is 6.20. The number of ketones is 1. The second-order valence-corrected chi connectivity index (χ2v) is 6.22. The molecule has 1 N–H and O–H groups in total. The van der Waals surface area contributed by atoms with Gasteiger partial charge in [-0.1, -0.05) is 19.9 Å². The van der Waals surface area contributed by atoms with Gasteiger partial charge < -0.3 is 10.1 Å². The highest BCUT2D eigenvalue weighted by Gasteiger charge is 2.21. The minimum atomic E-state index is 0.00554. The Morgan fingerprint density at radius 3 is 2.63 bits per heavy atom. The predicted molar refractivity (Wildman–Crippen MR) is 81.9 cm³/mol. The van der Waals surface area contributed by atoms with E-state index in [4.69, 9.17) is 4.74 Å². The van der Waals surface area contributed by atoms with Gasteiger partial charge in [0, 0.05) is 24.9 Å². The fourth-order valence-corrected chi connectivity index (χ4v) is 2.40. The monoisotopic (exact) mass is 327 g/mol. The first-order valence-corrected chi connectivity index (χ1v) is 7.20. The number of carbonyl (C=O) groups is 1. The van der Waals surface area contributed by atoms with Crippen LogP contribution in [-0.4, -0.2) is 26.0 Å². The van der Waals surface area contributed by atoms with Crippen molar-refractivity contribution in [3.8, 4) is 5.75 Å². The number of Topliss-reactive ketones (excluding diaryl/α,β-unsaturated/α-hetero) is 1. The molecule has 3 nitrogen and oxygen atoms in total. The SMILES string of the molecule is COc1ccc(C(C)(C)CNCCC(C)=O)cc1Br. The van der Waals surface area contributed by atoms with Crippen molar-refractivity contribution in [2.75, 3.05) is 20.2 Å². The van der Waals surface area contributed by atoms with Crippen LogP contribution in [0.5, 0.6) is 5.75 Å². The lowest BCUT2D eigenvalue weighted by atomic mass is 9.84. The van der Waals surface area contributed by atoms with Gasteiger partial charge >= 0.3 is 0 Å². The molecule has 0 aromatic heterocycles. The van der Waals surface area contributed by atoms with Crippen molar-refractivity contribution in [2.24, 2.45) is 0 Å². The zero-order valence-corrected chi connectivity index (χ0v) is 13.6. The molecule has 0 aliphatic rings. The molecule has 4 heteroatoms. The molecule has 0 amide bonds. The molecule has 0 saturated carbocycles. The van der Waals surface area contributed by atoms with E-state index in [0.29, 0.717) is 6.42 Å². The number of rotatable bonds is 7. The van der Waals surface area contributed by atoms with Crippen molar-refractivity contribution in [3.05, 3.63) is 28.2 Å². The fourth-order valence-electron chi connectivity index (χ4n) is 1.85. The lowest BCUT2D eigenvalue weighted by Gasteiger charge is -2.26. The van der Waals surface area contributed by atoms with E-state index in [1.54, 1.807) is 14.0 Å². The van der Waals surface area contributed by atoms with E-state index in [9.17, 15) is 4.79 Å². The Balaban J connectivity index is 2.66. The summed E-state index contributed by atoms with van der Waals surface area (Å²) in [5.74, 6) is 1.06. The summed E-state index contributed by atoms with van der Waals surface area (Å²) in [4.78, 5) is 10.9. The van der Waals surface area contributed by atoms with Crippen LogP contribution < -0.4 is 10.1 Å². The topological polar surface area (TPSA) is 38.3 Å². The summed E-state index contributed by atoms with van der Waals surface area (Å²) in [5.41, 5.74) is 1.24. The largest absolute Gasteiger partial charge is 0.496 e. The molecule has 19 heavy (non-hydrogen) atoms. The van der Waals surface area contributed by atoms with Gasteiger partial charge in [-0.15, -0.1) is 0 Å². The fraction of sp³-hybridized carbons (Fsp3) is 0.533. The molecule has 1 aromatic carbocycles. The van der Waals surface area contributed by atoms with Crippen LogP contribution in [0, 0.1) is 0 Å². The zero-order chi connectivity index (χ0) is 14.5. The van der Waals surface area contributed by atoms with Crippen LogP contribution in [0.1, 0.15) is 32.8 Å². The van der Waals surface area contributed by atoms with Gasteiger partial charge in [0.2, 0.25) is 0 Å². The van der Waals surface area contributed by atoms with E-state index in [1.165, 1.54) is 5.56 Å². The lowest BCUT2D eigenvalue weighted by Crippen LogP contribution is -2.34. The summed E-state index contributed by atoms with van der Waals surface area (Å²) in [6.45, 7) is 7.55. The standard InChI is InChI=1S/C15H22BrNO2/c1-11(18)7-8-17-10-15(2,3)12-5-6-14(19-4)13(16)9-12/h5-6,9,17H,7-8,10H2,1-4H3. The van der Waals surface area contributed by atoms with E-state index < -0.39 is 0 Å². The second-order valence-electron chi connectivity index (χ2n) is 5.36. The Bertz CT molecular complexity index is 444. The van der Waals surface area contributed by atoms with Gasteiger partial charge in [-0.2, -0.15) is 0 Å². The maximum Gasteiger partial charge on any atom is 0.133 e. The molecule has 0 atom stereocenters. The van der Waals surface area contributed by atoms with Crippen LogP contribution in [0.25, 0.3) is 0 Å². The zero-order valence-electron chi connectivity index (χ0n) is 12.0. The van der Waals surface area contributed by atoms with Crippen LogP contribution in [0.3, 0.4) is 0 Å². The molecule has 0 fully saturated rings. The van der Waals surface area contributed by atoms with Gasteiger partial charge in [0.25, 0.3) is 0 Å². The first kappa shape index (κ1) is 16.2. The van der Waals surface area contributed by atoms with Gasteiger partial charge in [-0.05, 0) is 40.5 Å². The van der Waals surface area contributed by atoms with Gasteiger partial charge in [0.1, 0.15) is 11.5 Å². The van der Waals surface area contributed by atoms with Crippen molar-refractivity contribution in [3.63, 3.8) is 0 Å². The number of nitrogens with one attached hydrogen (secondary N) is 1. The summed E-state index contributed by atoms with van der Waals surface area (Å²) >= 11 is 3.51. The molecule has 1 rings (SSSR count). The third-order valence-electron chi connectivity index (χ3n) is 3.15. The van der Waals surface area contributed by atoms with E-state index in [2.05, 4.69) is 47.2 Å². The minimum Gasteiger partial charge on any atom is -0.496 e. The van der Waals surface area contributed by atoms with Crippen molar-refractivity contribution < 1.29 is 9.53 Å². The molecule has 0 aliphatic heterocycles. The molecule has 0 saturated heterocycles. The Labute approximate surface area is 123 Å². The highest BCUT2D eigenvalue weighted by molar-refractivity contribution is 9.10. The summed E-state index contributed by atoms with van der Waals surface area (Å²) in [6, 6.07) is 6.14. The Morgan fingerprint density at radius 1 is 1.42 bits per heavy atom. The Hall–Kier alpha value is -0.870. The smallest absolute Gasteiger partial charge is 0.133 e. The van der Waals surface area contributed by atoms with Crippen molar-refractivity contribution in [2.45, 2.75) is 32.6 Å². The highest BCUT2D eigenvalue weighted by atomic mass is 79.9.